The molecule has 0 unspecified atom stereocenters. The highest BCUT2D eigenvalue weighted by Crippen LogP contribution is 1.59. The van der Waals surface area contributed by atoms with Crippen LogP contribution in [-0.4, -0.2) is 40.5 Å². The highest BCUT2D eigenvalue weighted by atomic mass is 35.5. The molecule has 0 rings (SSSR count). The van der Waals surface area contributed by atoms with Crippen molar-refractivity contribution in [3.63, 3.8) is 0 Å². The molecule has 0 aromatic rings. The molecule has 6 N–H and O–H groups in total. The Labute approximate surface area is 74.3 Å². The van der Waals surface area contributed by atoms with Crippen LogP contribution >= 0.6 is 12.4 Å². The first-order chi connectivity index (χ1) is 4.00. The smallest absolute Gasteiger partial charge is 0.394 e. The molecule has 0 aromatic heterocycles. The van der Waals surface area contributed by atoms with Gasteiger partial charge in [0.25, 0.3) is 0 Å². The second-order valence-electron chi connectivity index (χ2n) is 0.896. The lowest BCUT2D eigenvalue weighted by Crippen LogP contribution is -1.89. The molecule has 12 heteroatoms. The zero-order valence-corrected chi connectivity index (χ0v) is 7.60. The molecule has 0 saturated carbocycles. The Balaban J connectivity index is -0.0000000457. The summed E-state index contributed by atoms with van der Waals surface area (Å²) in [4.78, 5) is 0. The van der Waals surface area contributed by atoms with Crippen molar-refractivity contribution in [3.8, 4) is 0 Å². The molecular formula is H7ClO9S2. The standard InChI is InChI=1S/ClH.2H2O4S.H2O/c;2*1-5(2,3)4;/h1H;2*(H2,1,2,3,4);1H2. The fourth-order valence-electron chi connectivity index (χ4n) is 0. The first-order valence-corrected chi connectivity index (χ1v) is 4.19. The molecule has 0 atom stereocenters. The van der Waals surface area contributed by atoms with Crippen LogP contribution in [0, 0.1) is 0 Å². The van der Waals surface area contributed by atoms with Gasteiger partial charge in [-0.3, -0.25) is 18.2 Å². The Kier molecular flexibility index (Phi) is 14.4. The fourth-order valence-corrected chi connectivity index (χ4v) is 0. The van der Waals surface area contributed by atoms with Gasteiger partial charge in [-0.2, -0.15) is 16.8 Å². The first-order valence-electron chi connectivity index (χ1n) is 1.40. The summed E-state index contributed by atoms with van der Waals surface area (Å²) in [6.45, 7) is 0. The summed E-state index contributed by atoms with van der Waals surface area (Å²) in [6, 6.07) is 0. The van der Waals surface area contributed by atoms with Gasteiger partial charge in [-0.05, 0) is 0 Å². The molecule has 0 aliphatic rings. The summed E-state index contributed by atoms with van der Waals surface area (Å²) in [5.74, 6) is 0. The Morgan fingerprint density at radius 1 is 0.667 bits per heavy atom. The number of halogens is 1. The molecule has 80 valence electrons. The summed E-state index contributed by atoms with van der Waals surface area (Å²) in [5, 5.41) is 0. The van der Waals surface area contributed by atoms with Crippen LogP contribution in [0.4, 0.5) is 0 Å². The summed E-state index contributed by atoms with van der Waals surface area (Å²) >= 11 is 0. The van der Waals surface area contributed by atoms with E-state index >= 15 is 0 Å². The fraction of sp³-hybridized carbons (Fsp3) is 0. The van der Waals surface area contributed by atoms with Crippen LogP contribution in [0.2, 0.25) is 0 Å². The zero-order valence-electron chi connectivity index (χ0n) is 5.15. The van der Waals surface area contributed by atoms with Crippen LogP contribution < -0.4 is 0 Å². The molecule has 0 fully saturated rings. The number of hydrogen-bond acceptors (Lipinski definition) is 4. The van der Waals surface area contributed by atoms with E-state index in [4.69, 9.17) is 35.0 Å². The van der Waals surface area contributed by atoms with Crippen molar-refractivity contribution in [1.82, 2.24) is 0 Å². The molecule has 12 heavy (non-hydrogen) atoms. The van der Waals surface area contributed by atoms with Crippen LogP contribution in [0.1, 0.15) is 0 Å². The molecule has 0 spiro atoms. The Hall–Kier alpha value is -0.0100. The molecule has 0 saturated heterocycles. The molecule has 0 aliphatic carbocycles. The Bertz CT molecular complexity index is 209. The van der Waals surface area contributed by atoms with Gasteiger partial charge in [0.1, 0.15) is 0 Å². The average molecular weight is 251 g/mol. The van der Waals surface area contributed by atoms with E-state index in [0.29, 0.717) is 0 Å². The number of hydrogen-bond donors (Lipinski definition) is 4. The number of rotatable bonds is 0. The van der Waals surface area contributed by atoms with Gasteiger partial charge < -0.3 is 5.48 Å². The van der Waals surface area contributed by atoms with Crippen molar-refractivity contribution in [2.24, 2.45) is 0 Å². The average Bonchev–Trinajstić information content (AvgIpc) is 1.12. The third-order valence-electron chi connectivity index (χ3n) is 0. The zero-order chi connectivity index (χ0) is 9.00. The van der Waals surface area contributed by atoms with Gasteiger partial charge in [-0.25, -0.2) is 0 Å². The van der Waals surface area contributed by atoms with Crippen LogP contribution in [0.3, 0.4) is 0 Å². The van der Waals surface area contributed by atoms with E-state index in [9.17, 15) is 0 Å². The summed E-state index contributed by atoms with van der Waals surface area (Å²) < 4.78 is 63.2. The molecule has 0 heterocycles. The van der Waals surface area contributed by atoms with Crippen molar-refractivity contribution in [3.05, 3.63) is 0 Å². The van der Waals surface area contributed by atoms with Crippen molar-refractivity contribution in [2.45, 2.75) is 0 Å². The maximum absolute atomic E-state index is 8.74. The highest BCUT2D eigenvalue weighted by molar-refractivity contribution is 7.80. The van der Waals surface area contributed by atoms with Crippen LogP contribution in [-0.2, 0) is 20.8 Å². The van der Waals surface area contributed by atoms with Crippen LogP contribution in [0.5, 0.6) is 0 Å². The van der Waals surface area contributed by atoms with Gasteiger partial charge in [-0.1, -0.05) is 0 Å². The quantitative estimate of drug-likeness (QED) is 0.367. The van der Waals surface area contributed by atoms with Crippen molar-refractivity contribution in [1.29, 1.82) is 0 Å². The largest absolute Gasteiger partial charge is 0.412 e. The predicted octanol–water partition coefficient (Wildman–Crippen LogP) is -1.71. The van der Waals surface area contributed by atoms with E-state index in [1.165, 1.54) is 0 Å². The second-order valence-corrected chi connectivity index (χ2v) is 2.69. The van der Waals surface area contributed by atoms with E-state index < -0.39 is 20.8 Å². The third-order valence-corrected chi connectivity index (χ3v) is 0. The highest BCUT2D eigenvalue weighted by Gasteiger charge is 1.85. The van der Waals surface area contributed by atoms with E-state index in [1.807, 2.05) is 0 Å². The topological polar surface area (TPSA) is 181 Å². The van der Waals surface area contributed by atoms with Crippen LogP contribution in [0.25, 0.3) is 0 Å². The van der Waals surface area contributed by atoms with E-state index in [-0.39, 0.29) is 17.9 Å². The van der Waals surface area contributed by atoms with Gasteiger partial charge in [0, 0.05) is 0 Å². The lowest BCUT2D eigenvalue weighted by Gasteiger charge is -1.68. The van der Waals surface area contributed by atoms with E-state index in [0.717, 1.165) is 0 Å². The lowest BCUT2D eigenvalue weighted by atomic mass is 15.8. The molecule has 0 radical (unpaired) electrons. The normalized spacial score (nSPS) is 9.67. The predicted molar refractivity (Wildman–Crippen MR) is 39.2 cm³/mol. The molecule has 0 amide bonds. The van der Waals surface area contributed by atoms with E-state index in [2.05, 4.69) is 0 Å². The third kappa shape index (κ3) is 8070000. The summed E-state index contributed by atoms with van der Waals surface area (Å²) in [7, 11) is -9.33. The Morgan fingerprint density at radius 2 is 0.667 bits per heavy atom. The summed E-state index contributed by atoms with van der Waals surface area (Å²) in [5.41, 5.74) is 0. The Morgan fingerprint density at radius 3 is 0.667 bits per heavy atom. The van der Waals surface area contributed by atoms with Crippen molar-refractivity contribution >= 4 is 33.2 Å². The van der Waals surface area contributed by atoms with Gasteiger partial charge >= 0.3 is 20.8 Å². The van der Waals surface area contributed by atoms with E-state index in [1.54, 1.807) is 0 Å². The second kappa shape index (κ2) is 7.63. The SMILES string of the molecule is Cl.O.O=S(=O)(O)O.O=S(=O)(O)O. The van der Waals surface area contributed by atoms with Gasteiger partial charge in [-0.15, -0.1) is 12.4 Å². The van der Waals surface area contributed by atoms with Crippen molar-refractivity contribution < 1.29 is 40.5 Å². The molecule has 9 nitrogen and oxygen atoms in total. The first kappa shape index (κ1) is 22.7. The van der Waals surface area contributed by atoms with Gasteiger partial charge in [0.05, 0.1) is 0 Å². The summed E-state index contributed by atoms with van der Waals surface area (Å²) in [6.07, 6.45) is 0. The minimum Gasteiger partial charge on any atom is -0.412 e. The van der Waals surface area contributed by atoms with Gasteiger partial charge in [0.2, 0.25) is 0 Å². The molecule has 0 aliphatic heterocycles. The molecular weight excluding hydrogens is 244 g/mol. The molecule has 0 aromatic carbocycles. The maximum Gasteiger partial charge on any atom is 0.394 e. The van der Waals surface area contributed by atoms with Gasteiger partial charge in [0.15, 0.2) is 0 Å². The minimum absolute atomic E-state index is 0. The lowest BCUT2D eigenvalue weighted by molar-refractivity contribution is 0.378. The van der Waals surface area contributed by atoms with Crippen molar-refractivity contribution in [2.75, 3.05) is 0 Å². The molecule has 0 bridgehead atoms. The minimum atomic E-state index is -4.67. The monoisotopic (exact) mass is 250 g/mol. The maximum atomic E-state index is 8.74. The van der Waals surface area contributed by atoms with Crippen LogP contribution in [0.15, 0.2) is 0 Å².